The molecule has 0 aliphatic rings. The molecule has 1 aromatic heterocycles. The topological polar surface area (TPSA) is 73.2 Å². The molecule has 0 spiro atoms. The van der Waals surface area contributed by atoms with Crippen molar-refractivity contribution >= 4 is 51.6 Å². The van der Waals surface area contributed by atoms with Gasteiger partial charge in [0.1, 0.15) is 5.75 Å². The van der Waals surface area contributed by atoms with Gasteiger partial charge in [0.05, 0.1) is 10.9 Å². The molecule has 1 heterocycles. The Bertz CT molecular complexity index is 1150. The molecule has 9 heteroatoms. The smallest absolute Gasteiger partial charge is 0.280 e. The van der Waals surface area contributed by atoms with E-state index in [0.29, 0.717) is 11.3 Å². The van der Waals surface area contributed by atoms with Gasteiger partial charge in [0.25, 0.3) is 11.5 Å². The summed E-state index contributed by atoms with van der Waals surface area (Å²) in [6.45, 7) is 5.67. The average Bonchev–Trinajstić information content (AvgIpc) is 2.67. The number of ether oxygens (including phenoxy) is 1. The van der Waals surface area contributed by atoms with Crippen LogP contribution < -0.4 is 15.7 Å². The highest BCUT2D eigenvalue weighted by Crippen LogP contribution is 2.36. The third-order valence-corrected chi connectivity index (χ3v) is 4.92. The van der Waals surface area contributed by atoms with E-state index < -0.39 is 15.3 Å². The number of hydrogen-bond donors (Lipinski definition) is 1. The number of hydrogen-bond acceptors (Lipinski definition) is 4. The Morgan fingerprint density at radius 3 is 2.57 bits per heavy atom. The summed E-state index contributed by atoms with van der Waals surface area (Å²) in [5.41, 5.74) is 4.20. The van der Waals surface area contributed by atoms with Crippen molar-refractivity contribution in [3.63, 3.8) is 0 Å². The highest BCUT2D eigenvalue weighted by molar-refractivity contribution is 6.66. The number of rotatable bonds is 5. The van der Waals surface area contributed by atoms with Crippen LogP contribution in [-0.2, 0) is 8.59 Å². The standard InChI is InChI=1S/C21H20Cl3N3O3/c1-12(2)14-9-8-13(3)10-17(14)30-11-18(28)26-27-19(29)15-6-4-5-7-16(15)25-20(27)21(22,23)24/h4-10,12H,11H2,1-3H3,(H,26,28). The number of nitrogens with zero attached hydrogens (tertiary/aromatic N) is 2. The predicted molar refractivity (Wildman–Crippen MR) is 120 cm³/mol. The fraction of sp³-hybridized carbons (Fsp3) is 0.286. The number of carbonyl (C=O) groups is 1. The Morgan fingerprint density at radius 1 is 1.20 bits per heavy atom. The summed E-state index contributed by atoms with van der Waals surface area (Å²) in [6, 6.07) is 12.4. The molecule has 158 valence electrons. The lowest BCUT2D eigenvalue weighted by Gasteiger charge is -2.19. The summed E-state index contributed by atoms with van der Waals surface area (Å²) < 4.78 is 4.54. The zero-order valence-corrected chi connectivity index (χ0v) is 18.8. The number of amides is 1. The van der Waals surface area contributed by atoms with E-state index in [1.807, 2.05) is 39.0 Å². The van der Waals surface area contributed by atoms with Gasteiger partial charge in [-0.2, -0.15) is 4.68 Å². The molecule has 0 saturated heterocycles. The molecule has 30 heavy (non-hydrogen) atoms. The number of para-hydroxylation sites is 1. The molecule has 0 unspecified atom stereocenters. The highest BCUT2D eigenvalue weighted by Gasteiger charge is 2.31. The molecule has 0 aliphatic heterocycles. The fourth-order valence-electron chi connectivity index (χ4n) is 2.97. The summed E-state index contributed by atoms with van der Waals surface area (Å²) in [5.74, 6) is 0.00142. The van der Waals surface area contributed by atoms with E-state index in [1.165, 1.54) is 0 Å². The quantitative estimate of drug-likeness (QED) is 0.546. The Balaban J connectivity index is 1.90. The lowest BCUT2D eigenvalue weighted by molar-refractivity contribution is -0.119. The van der Waals surface area contributed by atoms with E-state index in [9.17, 15) is 9.59 Å². The van der Waals surface area contributed by atoms with Crippen molar-refractivity contribution in [3.8, 4) is 5.75 Å². The molecule has 1 N–H and O–H groups in total. The van der Waals surface area contributed by atoms with Crippen molar-refractivity contribution in [2.24, 2.45) is 0 Å². The molecule has 0 atom stereocenters. The summed E-state index contributed by atoms with van der Waals surface area (Å²) in [7, 11) is 0. The van der Waals surface area contributed by atoms with Crippen molar-refractivity contribution in [1.29, 1.82) is 0 Å². The molecular formula is C21H20Cl3N3O3. The second-order valence-corrected chi connectivity index (χ2v) is 9.39. The predicted octanol–water partition coefficient (Wildman–Crippen LogP) is 4.80. The van der Waals surface area contributed by atoms with Crippen molar-refractivity contribution in [1.82, 2.24) is 9.66 Å². The van der Waals surface area contributed by atoms with Gasteiger partial charge in [-0.15, -0.1) is 0 Å². The summed E-state index contributed by atoms with van der Waals surface area (Å²) in [4.78, 5) is 29.7. The van der Waals surface area contributed by atoms with Crippen molar-refractivity contribution in [2.75, 3.05) is 12.0 Å². The minimum Gasteiger partial charge on any atom is -0.483 e. The summed E-state index contributed by atoms with van der Waals surface area (Å²) in [5, 5.41) is 0.275. The molecule has 0 bridgehead atoms. The fourth-order valence-corrected chi connectivity index (χ4v) is 3.35. The van der Waals surface area contributed by atoms with Crippen LogP contribution in [0.15, 0.2) is 47.3 Å². The zero-order valence-electron chi connectivity index (χ0n) is 16.6. The van der Waals surface area contributed by atoms with Gasteiger partial charge in [-0.25, -0.2) is 4.98 Å². The number of halogens is 3. The van der Waals surface area contributed by atoms with Crippen LogP contribution in [0.2, 0.25) is 0 Å². The molecule has 0 saturated carbocycles. The van der Waals surface area contributed by atoms with Gasteiger partial charge in [-0.3, -0.25) is 15.0 Å². The summed E-state index contributed by atoms with van der Waals surface area (Å²) in [6.07, 6.45) is 0. The lowest BCUT2D eigenvalue weighted by atomic mass is 10.0. The second kappa shape index (κ2) is 8.84. The van der Waals surface area contributed by atoms with Crippen LogP contribution in [0.1, 0.15) is 36.7 Å². The number of carbonyl (C=O) groups excluding carboxylic acids is 1. The largest absolute Gasteiger partial charge is 0.483 e. The normalized spacial score (nSPS) is 11.7. The van der Waals surface area contributed by atoms with Crippen molar-refractivity contribution in [3.05, 3.63) is 69.8 Å². The first-order valence-corrected chi connectivity index (χ1v) is 10.3. The number of nitrogens with one attached hydrogen (secondary N) is 1. The van der Waals surface area contributed by atoms with E-state index in [2.05, 4.69) is 10.4 Å². The number of aromatic nitrogens is 2. The van der Waals surface area contributed by atoms with Gasteiger partial charge in [0.15, 0.2) is 12.4 Å². The Kier molecular flexibility index (Phi) is 6.60. The minimum absolute atomic E-state index is 0.215. The highest BCUT2D eigenvalue weighted by atomic mass is 35.6. The first-order valence-electron chi connectivity index (χ1n) is 9.20. The van der Waals surface area contributed by atoms with Gasteiger partial charge in [0, 0.05) is 0 Å². The van der Waals surface area contributed by atoms with E-state index in [4.69, 9.17) is 39.5 Å². The third kappa shape index (κ3) is 4.89. The van der Waals surface area contributed by atoms with E-state index in [1.54, 1.807) is 24.3 Å². The zero-order chi connectivity index (χ0) is 22.1. The lowest BCUT2D eigenvalue weighted by Crippen LogP contribution is -2.40. The Labute approximate surface area is 188 Å². The minimum atomic E-state index is -2.03. The van der Waals surface area contributed by atoms with Crippen LogP contribution >= 0.6 is 34.8 Å². The van der Waals surface area contributed by atoms with Crippen LogP contribution in [0.4, 0.5) is 0 Å². The molecular weight excluding hydrogens is 449 g/mol. The number of alkyl halides is 3. The second-order valence-electron chi connectivity index (χ2n) is 7.11. The average molecular weight is 469 g/mol. The Hall–Kier alpha value is -2.28. The first-order chi connectivity index (χ1) is 14.1. The molecule has 0 fully saturated rings. The van der Waals surface area contributed by atoms with E-state index in [-0.39, 0.29) is 23.7 Å². The van der Waals surface area contributed by atoms with Crippen molar-refractivity contribution < 1.29 is 9.53 Å². The van der Waals surface area contributed by atoms with E-state index >= 15 is 0 Å². The maximum absolute atomic E-state index is 12.9. The van der Waals surface area contributed by atoms with Gasteiger partial charge < -0.3 is 4.74 Å². The SMILES string of the molecule is Cc1ccc(C(C)C)c(OCC(=O)Nn2c(C(Cl)(Cl)Cl)nc3ccccc3c2=O)c1. The number of benzene rings is 2. The molecule has 3 rings (SSSR count). The van der Waals surface area contributed by atoms with Gasteiger partial charge >= 0.3 is 0 Å². The molecule has 3 aromatic rings. The van der Waals surface area contributed by atoms with Crippen LogP contribution in [0.3, 0.4) is 0 Å². The summed E-state index contributed by atoms with van der Waals surface area (Å²) >= 11 is 18.0. The molecule has 1 amide bonds. The third-order valence-electron chi connectivity index (χ3n) is 4.42. The van der Waals surface area contributed by atoms with Crippen LogP contribution in [-0.4, -0.2) is 22.2 Å². The number of fused-ring (bicyclic) bond motifs is 1. The number of aryl methyl sites for hydroxylation is 1. The maximum Gasteiger partial charge on any atom is 0.280 e. The van der Waals surface area contributed by atoms with Crippen LogP contribution in [0, 0.1) is 6.92 Å². The van der Waals surface area contributed by atoms with Crippen molar-refractivity contribution in [2.45, 2.75) is 30.5 Å². The molecule has 2 aromatic carbocycles. The molecule has 0 aliphatic carbocycles. The molecule has 6 nitrogen and oxygen atoms in total. The van der Waals surface area contributed by atoms with Gasteiger partial charge in [-0.1, -0.05) is 72.9 Å². The van der Waals surface area contributed by atoms with Crippen LogP contribution in [0.25, 0.3) is 10.9 Å². The maximum atomic E-state index is 12.9. The first kappa shape index (κ1) is 22.4. The van der Waals surface area contributed by atoms with E-state index in [0.717, 1.165) is 15.8 Å². The monoisotopic (exact) mass is 467 g/mol. The molecule has 0 radical (unpaired) electrons. The van der Waals surface area contributed by atoms with Gasteiger partial charge in [0.2, 0.25) is 3.79 Å². The Morgan fingerprint density at radius 2 is 1.90 bits per heavy atom. The van der Waals surface area contributed by atoms with Crippen LogP contribution in [0.5, 0.6) is 5.75 Å². The van der Waals surface area contributed by atoms with Gasteiger partial charge in [-0.05, 0) is 42.2 Å².